The molecule has 4 nitrogen and oxygen atoms in total. The van der Waals surface area contributed by atoms with Crippen molar-refractivity contribution >= 4 is 21.9 Å². The molecule has 0 aliphatic heterocycles. The standard InChI is InChI=1S/C12H16BrNO3/c1-7(14)5-9-6-10(13)3-4-11(9)17-8(2)12(15)16/h3-4,6-8H,5,14H2,1-2H3,(H,15,16). The van der Waals surface area contributed by atoms with E-state index in [1.807, 2.05) is 19.1 Å². The van der Waals surface area contributed by atoms with E-state index in [0.717, 1.165) is 10.0 Å². The van der Waals surface area contributed by atoms with Crippen molar-refractivity contribution in [1.29, 1.82) is 0 Å². The number of carbonyl (C=O) groups is 1. The highest BCUT2D eigenvalue weighted by Gasteiger charge is 2.15. The van der Waals surface area contributed by atoms with Crippen molar-refractivity contribution in [3.05, 3.63) is 28.2 Å². The Morgan fingerprint density at radius 3 is 2.71 bits per heavy atom. The minimum atomic E-state index is -0.986. The Morgan fingerprint density at radius 2 is 2.18 bits per heavy atom. The molecule has 0 saturated carbocycles. The SMILES string of the molecule is CC(N)Cc1cc(Br)ccc1OC(C)C(=O)O. The molecule has 0 heterocycles. The molecule has 2 unspecified atom stereocenters. The van der Waals surface area contributed by atoms with Gasteiger partial charge in [-0.05, 0) is 44.0 Å². The van der Waals surface area contributed by atoms with Crippen LogP contribution in [-0.2, 0) is 11.2 Å². The Hall–Kier alpha value is -1.07. The maximum Gasteiger partial charge on any atom is 0.344 e. The van der Waals surface area contributed by atoms with Gasteiger partial charge in [0.2, 0.25) is 0 Å². The number of aliphatic carboxylic acids is 1. The summed E-state index contributed by atoms with van der Waals surface area (Å²) in [7, 11) is 0. The van der Waals surface area contributed by atoms with E-state index in [2.05, 4.69) is 15.9 Å². The van der Waals surface area contributed by atoms with E-state index in [0.29, 0.717) is 12.2 Å². The summed E-state index contributed by atoms with van der Waals surface area (Å²) in [5.41, 5.74) is 6.65. The van der Waals surface area contributed by atoms with E-state index >= 15 is 0 Å². The van der Waals surface area contributed by atoms with Gasteiger partial charge in [-0.25, -0.2) is 4.79 Å². The zero-order chi connectivity index (χ0) is 13.0. The van der Waals surface area contributed by atoms with E-state index in [-0.39, 0.29) is 6.04 Å². The smallest absolute Gasteiger partial charge is 0.344 e. The molecule has 1 aromatic rings. The largest absolute Gasteiger partial charge is 0.479 e. The van der Waals surface area contributed by atoms with Gasteiger partial charge in [-0.1, -0.05) is 15.9 Å². The van der Waals surface area contributed by atoms with Crippen LogP contribution in [0.2, 0.25) is 0 Å². The zero-order valence-corrected chi connectivity index (χ0v) is 11.4. The zero-order valence-electron chi connectivity index (χ0n) is 9.81. The van der Waals surface area contributed by atoms with Gasteiger partial charge in [-0.3, -0.25) is 0 Å². The first-order valence-corrected chi connectivity index (χ1v) is 6.13. The Bertz CT molecular complexity index is 407. The summed E-state index contributed by atoms with van der Waals surface area (Å²) in [6, 6.07) is 5.45. The van der Waals surface area contributed by atoms with Crippen molar-refractivity contribution < 1.29 is 14.6 Å². The van der Waals surface area contributed by atoms with Gasteiger partial charge in [0.25, 0.3) is 0 Å². The third-order valence-electron chi connectivity index (χ3n) is 2.22. The molecule has 0 radical (unpaired) electrons. The van der Waals surface area contributed by atoms with Gasteiger partial charge >= 0.3 is 5.97 Å². The lowest BCUT2D eigenvalue weighted by molar-refractivity contribution is -0.144. The van der Waals surface area contributed by atoms with Gasteiger partial charge in [0.1, 0.15) is 5.75 Å². The number of carboxylic acids is 1. The molecule has 0 aliphatic carbocycles. The van der Waals surface area contributed by atoms with E-state index in [4.69, 9.17) is 15.6 Å². The average Bonchev–Trinajstić information content (AvgIpc) is 2.20. The van der Waals surface area contributed by atoms with Crippen LogP contribution in [0.4, 0.5) is 0 Å². The monoisotopic (exact) mass is 301 g/mol. The van der Waals surface area contributed by atoms with Crippen molar-refractivity contribution in [2.45, 2.75) is 32.4 Å². The van der Waals surface area contributed by atoms with Gasteiger partial charge < -0.3 is 15.6 Å². The van der Waals surface area contributed by atoms with Gasteiger partial charge in [0, 0.05) is 10.5 Å². The quantitative estimate of drug-likeness (QED) is 0.874. The fourth-order valence-corrected chi connectivity index (χ4v) is 1.82. The van der Waals surface area contributed by atoms with Crippen LogP contribution in [0.5, 0.6) is 5.75 Å². The predicted octanol–water partition coefficient (Wildman–Crippen LogP) is 2.19. The second-order valence-electron chi connectivity index (χ2n) is 4.03. The summed E-state index contributed by atoms with van der Waals surface area (Å²) in [4.78, 5) is 10.7. The maximum absolute atomic E-state index is 10.7. The van der Waals surface area contributed by atoms with Crippen molar-refractivity contribution in [3.63, 3.8) is 0 Å². The van der Waals surface area contributed by atoms with Crippen LogP contribution in [0.1, 0.15) is 19.4 Å². The Morgan fingerprint density at radius 1 is 1.53 bits per heavy atom. The van der Waals surface area contributed by atoms with Crippen LogP contribution >= 0.6 is 15.9 Å². The topological polar surface area (TPSA) is 72.5 Å². The molecule has 94 valence electrons. The highest BCUT2D eigenvalue weighted by Crippen LogP contribution is 2.25. The number of nitrogens with two attached hydrogens (primary N) is 1. The number of carboxylic acid groups (broad SMARTS) is 1. The first-order valence-electron chi connectivity index (χ1n) is 5.33. The number of hydrogen-bond donors (Lipinski definition) is 2. The van der Waals surface area contributed by atoms with Crippen molar-refractivity contribution in [1.82, 2.24) is 0 Å². The molecular weight excluding hydrogens is 286 g/mol. The van der Waals surface area contributed by atoms with Gasteiger partial charge in [-0.15, -0.1) is 0 Å². The number of hydrogen-bond acceptors (Lipinski definition) is 3. The molecule has 0 saturated heterocycles. The highest BCUT2D eigenvalue weighted by atomic mass is 79.9. The van der Waals surface area contributed by atoms with Crippen molar-refractivity contribution in [3.8, 4) is 5.75 Å². The lowest BCUT2D eigenvalue weighted by Crippen LogP contribution is -2.24. The predicted molar refractivity (Wildman–Crippen MR) is 69.2 cm³/mol. The molecular formula is C12H16BrNO3. The fraction of sp³-hybridized carbons (Fsp3) is 0.417. The van der Waals surface area contributed by atoms with Crippen LogP contribution in [0, 0.1) is 0 Å². The number of halogens is 1. The van der Waals surface area contributed by atoms with Crippen LogP contribution < -0.4 is 10.5 Å². The average molecular weight is 302 g/mol. The molecule has 0 bridgehead atoms. The first kappa shape index (κ1) is 14.0. The van der Waals surface area contributed by atoms with E-state index in [9.17, 15) is 4.79 Å². The third kappa shape index (κ3) is 4.36. The number of benzene rings is 1. The molecule has 1 rings (SSSR count). The summed E-state index contributed by atoms with van der Waals surface area (Å²) in [5, 5.41) is 8.81. The van der Waals surface area contributed by atoms with Crippen LogP contribution in [0.15, 0.2) is 22.7 Å². The number of rotatable bonds is 5. The molecule has 0 fully saturated rings. The molecule has 1 aromatic carbocycles. The third-order valence-corrected chi connectivity index (χ3v) is 2.71. The molecule has 2 atom stereocenters. The van der Waals surface area contributed by atoms with Crippen LogP contribution in [0.25, 0.3) is 0 Å². The summed E-state index contributed by atoms with van der Waals surface area (Å²) >= 11 is 3.37. The molecule has 0 aromatic heterocycles. The lowest BCUT2D eigenvalue weighted by atomic mass is 10.1. The molecule has 0 amide bonds. The normalized spacial score (nSPS) is 14.1. The van der Waals surface area contributed by atoms with E-state index < -0.39 is 12.1 Å². The van der Waals surface area contributed by atoms with E-state index in [1.165, 1.54) is 6.92 Å². The summed E-state index contributed by atoms with van der Waals surface area (Å²) in [6.07, 6.45) is -0.232. The van der Waals surface area contributed by atoms with Crippen LogP contribution in [-0.4, -0.2) is 23.2 Å². The van der Waals surface area contributed by atoms with Gasteiger partial charge in [-0.2, -0.15) is 0 Å². The number of ether oxygens (including phenoxy) is 1. The van der Waals surface area contributed by atoms with Crippen LogP contribution in [0.3, 0.4) is 0 Å². The van der Waals surface area contributed by atoms with Crippen molar-refractivity contribution in [2.75, 3.05) is 0 Å². The Balaban J connectivity index is 2.93. The Kier molecular flexibility index (Phi) is 4.96. The van der Waals surface area contributed by atoms with Gasteiger partial charge in [0.15, 0.2) is 6.10 Å². The maximum atomic E-state index is 10.7. The second-order valence-corrected chi connectivity index (χ2v) is 4.95. The van der Waals surface area contributed by atoms with Crippen molar-refractivity contribution in [2.24, 2.45) is 5.73 Å². The summed E-state index contributed by atoms with van der Waals surface area (Å²) < 4.78 is 6.31. The second kappa shape index (κ2) is 6.02. The molecule has 3 N–H and O–H groups in total. The molecule has 0 spiro atoms. The molecule has 17 heavy (non-hydrogen) atoms. The summed E-state index contributed by atoms with van der Waals surface area (Å²) in [6.45, 7) is 3.39. The summed E-state index contributed by atoms with van der Waals surface area (Å²) in [5.74, 6) is -0.417. The first-order chi connectivity index (χ1) is 7.90. The minimum absolute atomic E-state index is 0.00761. The Labute approximate surface area is 109 Å². The molecule has 0 aliphatic rings. The minimum Gasteiger partial charge on any atom is -0.479 e. The van der Waals surface area contributed by atoms with E-state index in [1.54, 1.807) is 6.07 Å². The van der Waals surface area contributed by atoms with Gasteiger partial charge in [0.05, 0.1) is 0 Å². The highest BCUT2D eigenvalue weighted by molar-refractivity contribution is 9.10. The lowest BCUT2D eigenvalue weighted by Gasteiger charge is -2.16. The fourth-order valence-electron chi connectivity index (χ4n) is 1.41. The molecule has 5 heteroatoms.